The first kappa shape index (κ1) is 16.1. The Bertz CT molecular complexity index is 472. The smallest absolute Gasteiger partial charge is 0.413 e. The summed E-state index contributed by atoms with van der Waals surface area (Å²) in [7, 11) is 0. The summed E-state index contributed by atoms with van der Waals surface area (Å²) in [6.07, 6.45) is 2.46. The molecule has 0 amide bonds. The van der Waals surface area contributed by atoms with Gasteiger partial charge in [0, 0.05) is 5.92 Å². The summed E-state index contributed by atoms with van der Waals surface area (Å²) in [4.78, 5) is 23.8. The number of hydrogen-bond donors (Lipinski definition) is 0. The van der Waals surface area contributed by atoms with Crippen LogP contribution in [0.1, 0.15) is 27.7 Å². The molecule has 2 unspecified atom stereocenters. The second kappa shape index (κ2) is 6.48. The van der Waals surface area contributed by atoms with E-state index in [9.17, 15) is 9.59 Å². The minimum Gasteiger partial charge on any atom is -0.465 e. The molecule has 2 rings (SSSR count). The molecule has 20 heavy (non-hydrogen) atoms. The first-order chi connectivity index (χ1) is 9.30. The lowest BCUT2D eigenvalue weighted by molar-refractivity contribution is -0.142. The average Bonchev–Trinajstić information content (AvgIpc) is 2.67. The molecule has 0 N–H and O–H groups in total. The van der Waals surface area contributed by atoms with Crippen LogP contribution >= 0.6 is 0 Å². The second-order valence-corrected chi connectivity index (χ2v) is 5.69. The predicted octanol–water partition coefficient (Wildman–Crippen LogP) is 1.61. The molecule has 6 nitrogen and oxygen atoms in total. The average molecular weight is 280 g/mol. The van der Waals surface area contributed by atoms with Gasteiger partial charge in [-0.3, -0.25) is 4.79 Å². The molecule has 0 aromatic rings. The second-order valence-electron chi connectivity index (χ2n) is 5.69. The normalized spacial score (nSPS) is 24.1. The molecule has 1 aliphatic carbocycles. The van der Waals surface area contributed by atoms with Crippen LogP contribution in [-0.4, -0.2) is 36.2 Å². The molecule has 2 fully saturated rings. The molecule has 0 aromatic heterocycles. The molecule has 2 atom stereocenters. The lowest BCUT2D eigenvalue weighted by atomic mass is 10.1. The Morgan fingerprint density at radius 1 is 1.55 bits per heavy atom. The highest BCUT2D eigenvalue weighted by atomic mass is 16.5. The van der Waals surface area contributed by atoms with E-state index >= 15 is 0 Å². The number of rotatable bonds is 3. The minimum absolute atomic E-state index is 0.0185. The van der Waals surface area contributed by atoms with Crippen LogP contribution in [0.2, 0.25) is 0 Å². The zero-order valence-corrected chi connectivity index (χ0v) is 12.3. The van der Waals surface area contributed by atoms with Crippen molar-refractivity contribution in [1.82, 2.24) is 0 Å². The molecular formula is C14H20N2O4. The van der Waals surface area contributed by atoms with Crippen LogP contribution in [0.15, 0.2) is 11.6 Å². The number of ether oxygens (including phenoxy) is 2. The van der Waals surface area contributed by atoms with Crippen molar-refractivity contribution in [3.8, 4) is 0 Å². The number of hydrogen-bond acceptors (Lipinski definition) is 4. The van der Waals surface area contributed by atoms with Gasteiger partial charge in [-0.25, -0.2) is 4.79 Å². The third kappa shape index (κ3) is 4.03. The molecule has 110 valence electrons. The fourth-order valence-corrected chi connectivity index (χ4v) is 2.16. The first-order valence-corrected chi connectivity index (χ1v) is 6.45. The van der Waals surface area contributed by atoms with Gasteiger partial charge in [0.2, 0.25) is 0 Å². The van der Waals surface area contributed by atoms with E-state index in [-0.39, 0.29) is 23.9 Å². The predicted molar refractivity (Wildman–Crippen MR) is 71.8 cm³/mol. The molecule has 0 bridgehead atoms. The number of carbonyl (C=O) groups excluding carboxylic acids is 2. The maximum Gasteiger partial charge on any atom is 0.413 e. The number of fused-ring (bicyclic) bond motifs is 1. The molecule has 2 aliphatic rings. The fraction of sp³-hybridized carbons (Fsp3) is 0.643. The van der Waals surface area contributed by atoms with Gasteiger partial charge in [-0.05, 0) is 25.3 Å². The number of esters is 2. The van der Waals surface area contributed by atoms with Crippen molar-refractivity contribution in [1.29, 1.82) is 0 Å². The number of nitrogens with zero attached hydrogens (tertiary/aromatic N) is 2. The topological polar surface area (TPSA) is 89.0 Å². The van der Waals surface area contributed by atoms with Crippen molar-refractivity contribution < 1.29 is 23.9 Å². The van der Waals surface area contributed by atoms with Crippen LogP contribution in [0.4, 0.5) is 0 Å². The Hall–Kier alpha value is -1.94. The highest BCUT2D eigenvalue weighted by Crippen LogP contribution is 2.61. The van der Waals surface area contributed by atoms with Crippen LogP contribution in [0.25, 0.3) is 5.53 Å². The standard InChI is InChI=1S/C7H10N2O2.C7H10O2/c1-6(2)3-4-11-7(10)5-9-8;1-7(2)4-3-9-6(8)5(4)7/h3,5H,4H2,1-2H3;4-5H,3H2,1-2H3. The molecular weight excluding hydrogens is 260 g/mol. The maximum absolute atomic E-state index is 10.8. The monoisotopic (exact) mass is 280 g/mol. The largest absolute Gasteiger partial charge is 0.465 e. The SMILES string of the molecule is CC(C)=CCOC(=O)C=[N+]=[N-].CC1(C)C2COC(=O)C21. The van der Waals surface area contributed by atoms with Gasteiger partial charge in [-0.2, -0.15) is 4.79 Å². The molecule has 1 heterocycles. The molecule has 1 saturated heterocycles. The highest BCUT2D eigenvalue weighted by Gasteiger charge is 2.66. The molecule has 1 aliphatic heterocycles. The fourth-order valence-electron chi connectivity index (χ4n) is 2.16. The number of carbonyl (C=O) groups is 2. The molecule has 6 heteroatoms. The van der Waals surface area contributed by atoms with Gasteiger partial charge in [-0.15, -0.1) is 0 Å². The summed E-state index contributed by atoms with van der Waals surface area (Å²) in [6, 6.07) is 0. The van der Waals surface area contributed by atoms with Crippen LogP contribution in [0.3, 0.4) is 0 Å². The van der Waals surface area contributed by atoms with Gasteiger partial charge in [0.05, 0.1) is 12.5 Å². The molecule has 1 saturated carbocycles. The summed E-state index contributed by atoms with van der Waals surface area (Å²) in [6.45, 7) is 8.93. The Morgan fingerprint density at radius 2 is 2.20 bits per heavy atom. The van der Waals surface area contributed by atoms with Crippen molar-refractivity contribution in [3.05, 3.63) is 17.2 Å². The van der Waals surface area contributed by atoms with Crippen LogP contribution in [0, 0.1) is 17.3 Å². The van der Waals surface area contributed by atoms with Gasteiger partial charge < -0.3 is 15.0 Å². The molecule has 0 aromatic carbocycles. The van der Waals surface area contributed by atoms with E-state index < -0.39 is 5.97 Å². The van der Waals surface area contributed by atoms with E-state index in [1.54, 1.807) is 6.08 Å². The number of allylic oxidation sites excluding steroid dienone is 1. The Kier molecular flexibility index (Phi) is 5.22. The Labute approximate surface area is 118 Å². The lowest BCUT2D eigenvalue weighted by Gasteiger charge is -2.05. The van der Waals surface area contributed by atoms with Gasteiger partial charge in [0.25, 0.3) is 0 Å². The summed E-state index contributed by atoms with van der Waals surface area (Å²) in [5.41, 5.74) is 9.23. The third-order valence-corrected chi connectivity index (χ3v) is 3.59. The third-order valence-electron chi connectivity index (χ3n) is 3.59. The molecule has 0 radical (unpaired) electrons. The number of cyclic esters (lactones) is 1. The van der Waals surface area contributed by atoms with E-state index in [1.165, 1.54) is 0 Å². The molecule has 0 spiro atoms. The maximum atomic E-state index is 10.8. The minimum atomic E-state index is -0.648. The van der Waals surface area contributed by atoms with Gasteiger partial charge in [0.1, 0.15) is 6.61 Å². The summed E-state index contributed by atoms with van der Waals surface area (Å²) in [5.74, 6) is 0.137. The first-order valence-electron chi connectivity index (χ1n) is 6.45. The van der Waals surface area contributed by atoms with E-state index in [2.05, 4.69) is 23.4 Å². The van der Waals surface area contributed by atoms with Crippen LogP contribution < -0.4 is 0 Å². The van der Waals surface area contributed by atoms with Gasteiger partial charge in [-0.1, -0.05) is 19.4 Å². The van der Waals surface area contributed by atoms with Crippen LogP contribution in [0.5, 0.6) is 0 Å². The van der Waals surface area contributed by atoms with E-state index in [0.29, 0.717) is 18.7 Å². The highest BCUT2D eigenvalue weighted by molar-refractivity contribution is 6.20. The van der Waals surface area contributed by atoms with E-state index in [0.717, 1.165) is 5.57 Å². The quantitative estimate of drug-likeness (QED) is 0.258. The van der Waals surface area contributed by atoms with Crippen molar-refractivity contribution in [2.45, 2.75) is 27.7 Å². The van der Waals surface area contributed by atoms with Crippen molar-refractivity contribution in [3.63, 3.8) is 0 Å². The van der Waals surface area contributed by atoms with Crippen molar-refractivity contribution in [2.24, 2.45) is 17.3 Å². The van der Waals surface area contributed by atoms with Crippen molar-refractivity contribution >= 4 is 18.2 Å². The summed E-state index contributed by atoms with van der Waals surface area (Å²) < 4.78 is 9.38. The van der Waals surface area contributed by atoms with Gasteiger partial charge in [0.15, 0.2) is 0 Å². The Morgan fingerprint density at radius 3 is 2.55 bits per heavy atom. The summed E-state index contributed by atoms with van der Waals surface area (Å²) in [5, 5.41) is 0. The zero-order chi connectivity index (χ0) is 15.3. The summed E-state index contributed by atoms with van der Waals surface area (Å²) >= 11 is 0. The zero-order valence-electron chi connectivity index (χ0n) is 12.3. The van der Waals surface area contributed by atoms with Crippen molar-refractivity contribution in [2.75, 3.05) is 13.2 Å². The lowest BCUT2D eigenvalue weighted by Crippen LogP contribution is -2.09. The van der Waals surface area contributed by atoms with Crippen LogP contribution in [-0.2, 0) is 19.1 Å². The van der Waals surface area contributed by atoms with E-state index in [1.807, 2.05) is 13.8 Å². The van der Waals surface area contributed by atoms with Gasteiger partial charge >= 0.3 is 18.2 Å². The Balaban J connectivity index is 0.000000202. The van der Waals surface area contributed by atoms with E-state index in [4.69, 9.17) is 10.3 Å².